The Morgan fingerprint density at radius 2 is 1.71 bits per heavy atom. The monoisotopic (exact) mass is 469 g/mol. The third-order valence-electron chi connectivity index (χ3n) is 7.02. The maximum Gasteiger partial charge on any atom is 0.228 e. The second-order valence-electron chi connectivity index (χ2n) is 9.45. The van der Waals surface area contributed by atoms with Crippen LogP contribution in [0.2, 0.25) is 0 Å². The molecule has 0 radical (unpaired) electrons. The molecule has 3 aromatic carbocycles. The first-order chi connectivity index (χ1) is 17.3. The van der Waals surface area contributed by atoms with Crippen molar-refractivity contribution in [2.75, 3.05) is 38.2 Å². The molecule has 0 saturated carbocycles. The zero-order valence-corrected chi connectivity index (χ0v) is 20.7. The SMILES string of the molecule is COc1cccc(-c2cc(N(CCCN3CCCCCC3)Cc3cccc4ccccc34)on2)c1. The first-order valence-electron chi connectivity index (χ1n) is 12.9. The summed E-state index contributed by atoms with van der Waals surface area (Å²) in [6.45, 7) is 5.29. The standard InChI is InChI=1S/C30H35N3O2/c1-34-27-15-9-13-25(21-27)29-22-30(35-31-29)33(20-10-19-32-17-6-2-3-7-18-32)23-26-14-8-12-24-11-4-5-16-28(24)26/h4-5,8-9,11-16,21-22H,2-3,6-7,10,17-20,23H2,1H3. The quantitative estimate of drug-likeness (QED) is 0.270. The van der Waals surface area contributed by atoms with Crippen molar-refractivity contribution in [1.82, 2.24) is 10.1 Å². The van der Waals surface area contributed by atoms with Crippen LogP contribution in [0.4, 0.5) is 5.88 Å². The number of benzene rings is 3. The Kier molecular flexibility index (Phi) is 7.64. The maximum atomic E-state index is 5.92. The molecule has 4 aromatic rings. The summed E-state index contributed by atoms with van der Waals surface area (Å²) < 4.78 is 11.3. The van der Waals surface area contributed by atoms with Crippen LogP contribution < -0.4 is 9.64 Å². The van der Waals surface area contributed by atoms with Crippen LogP contribution in [0.25, 0.3) is 22.0 Å². The van der Waals surface area contributed by atoms with Crippen molar-refractivity contribution in [1.29, 1.82) is 0 Å². The van der Waals surface area contributed by atoms with Gasteiger partial charge >= 0.3 is 0 Å². The molecular weight excluding hydrogens is 434 g/mol. The molecule has 0 amide bonds. The zero-order chi connectivity index (χ0) is 23.9. The predicted molar refractivity (Wildman–Crippen MR) is 143 cm³/mol. The van der Waals surface area contributed by atoms with Crippen molar-refractivity contribution in [2.45, 2.75) is 38.6 Å². The van der Waals surface area contributed by atoms with E-state index in [9.17, 15) is 0 Å². The van der Waals surface area contributed by atoms with Gasteiger partial charge in [0.05, 0.1) is 7.11 Å². The molecule has 0 N–H and O–H groups in total. The number of nitrogens with zero attached hydrogens (tertiary/aromatic N) is 3. The fraction of sp³-hybridized carbons (Fsp3) is 0.367. The largest absolute Gasteiger partial charge is 0.497 e. The smallest absolute Gasteiger partial charge is 0.228 e. The van der Waals surface area contributed by atoms with Gasteiger partial charge in [-0.25, -0.2) is 0 Å². The molecule has 182 valence electrons. The molecular formula is C30H35N3O2. The summed E-state index contributed by atoms with van der Waals surface area (Å²) in [6.07, 6.45) is 6.49. The Balaban J connectivity index is 1.37. The highest BCUT2D eigenvalue weighted by molar-refractivity contribution is 5.85. The second kappa shape index (κ2) is 11.4. The van der Waals surface area contributed by atoms with Crippen molar-refractivity contribution in [3.63, 3.8) is 0 Å². The Morgan fingerprint density at radius 1 is 0.914 bits per heavy atom. The van der Waals surface area contributed by atoms with Gasteiger partial charge in [-0.15, -0.1) is 0 Å². The summed E-state index contributed by atoms with van der Waals surface area (Å²) in [5.41, 5.74) is 3.13. The van der Waals surface area contributed by atoms with Gasteiger partial charge in [0.2, 0.25) is 5.88 Å². The van der Waals surface area contributed by atoms with E-state index < -0.39 is 0 Å². The van der Waals surface area contributed by atoms with Crippen molar-refractivity contribution >= 4 is 16.7 Å². The van der Waals surface area contributed by atoms with Crippen LogP contribution in [0.1, 0.15) is 37.7 Å². The van der Waals surface area contributed by atoms with E-state index in [1.807, 2.05) is 24.3 Å². The number of hydrogen-bond acceptors (Lipinski definition) is 5. The third-order valence-corrected chi connectivity index (χ3v) is 7.02. The number of rotatable bonds is 9. The first kappa shape index (κ1) is 23.4. The van der Waals surface area contributed by atoms with E-state index in [1.54, 1.807) is 7.11 Å². The first-order valence-corrected chi connectivity index (χ1v) is 12.9. The molecule has 2 heterocycles. The Labute approximate surface area is 208 Å². The molecule has 1 saturated heterocycles. The number of methoxy groups -OCH3 is 1. The highest BCUT2D eigenvalue weighted by Crippen LogP contribution is 2.29. The summed E-state index contributed by atoms with van der Waals surface area (Å²) in [5.74, 6) is 1.63. The third kappa shape index (κ3) is 5.85. The summed E-state index contributed by atoms with van der Waals surface area (Å²) in [6, 6.07) is 25.2. The van der Waals surface area contributed by atoms with E-state index in [1.165, 1.54) is 55.1 Å². The summed E-state index contributed by atoms with van der Waals surface area (Å²) >= 11 is 0. The summed E-state index contributed by atoms with van der Waals surface area (Å²) in [5, 5.41) is 6.97. The van der Waals surface area contributed by atoms with E-state index in [2.05, 4.69) is 63.5 Å². The lowest BCUT2D eigenvalue weighted by Crippen LogP contribution is -2.30. The van der Waals surface area contributed by atoms with E-state index in [4.69, 9.17) is 9.26 Å². The second-order valence-corrected chi connectivity index (χ2v) is 9.45. The molecule has 1 fully saturated rings. The van der Waals surface area contributed by atoms with Gasteiger partial charge in [0, 0.05) is 24.7 Å². The Bertz CT molecular complexity index is 1220. The van der Waals surface area contributed by atoms with E-state index >= 15 is 0 Å². The van der Waals surface area contributed by atoms with Crippen LogP contribution in [0, 0.1) is 0 Å². The molecule has 5 rings (SSSR count). The number of hydrogen-bond donors (Lipinski definition) is 0. The van der Waals surface area contributed by atoms with Crippen LogP contribution >= 0.6 is 0 Å². The fourth-order valence-corrected chi connectivity index (χ4v) is 5.08. The fourth-order valence-electron chi connectivity index (χ4n) is 5.08. The van der Waals surface area contributed by atoms with E-state index in [0.29, 0.717) is 0 Å². The van der Waals surface area contributed by atoms with Crippen LogP contribution in [0.5, 0.6) is 5.75 Å². The molecule has 1 aliphatic heterocycles. The van der Waals surface area contributed by atoms with Crippen LogP contribution in [-0.4, -0.2) is 43.3 Å². The van der Waals surface area contributed by atoms with Crippen molar-refractivity contribution in [3.8, 4) is 17.0 Å². The number of aromatic nitrogens is 1. The molecule has 5 nitrogen and oxygen atoms in total. The maximum absolute atomic E-state index is 5.92. The van der Waals surface area contributed by atoms with Gasteiger partial charge in [-0.2, -0.15) is 0 Å². The highest BCUT2D eigenvalue weighted by Gasteiger charge is 2.17. The minimum absolute atomic E-state index is 0.786. The molecule has 5 heteroatoms. The molecule has 1 aliphatic rings. The van der Waals surface area contributed by atoms with Crippen LogP contribution in [0.3, 0.4) is 0 Å². The van der Waals surface area contributed by atoms with E-state index in [0.717, 1.165) is 48.9 Å². The molecule has 0 spiro atoms. The van der Waals surface area contributed by atoms with Crippen molar-refractivity contribution < 1.29 is 9.26 Å². The number of anilines is 1. The minimum atomic E-state index is 0.786. The molecule has 35 heavy (non-hydrogen) atoms. The summed E-state index contributed by atoms with van der Waals surface area (Å²) in [4.78, 5) is 4.97. The lowest BCUT2D eigenvalue weighted by Gasteiger charge is -2.25. The summed E-state index contributed by atoms with van der Waals surface area (Å²) in [7, 11) is 1.68. The Morgan fingerprint density at radius 3 is 2.57 bits per heavy atom. The van der Waals surface area contributed by atoms with E-state index in [-0.39, 0.29) is 0 Å². The van der Waals surface area contributed by atoms with Gasteiger partial charge < -0.3 is 19.1 Å². The van der Waals surface area contributed by atoms with Gasteiger partial charge in [0.1, 0.15) is 11.4 Å². The predicted octanol–water partition coefficient (Wildman–Crippen LogP) is 6.78. The van der Waals surface area contributed by atoms with Gasteiger partial charge in [-0.05, 0) is 67.4 Å². The molecule has 0 unspecified atom stereocenters. The number of likely N-dealkylation sites (tertiary alicyclic amines) is 1. The highest BCUT2D eigenvalue weighted by atomic mass is 16.5. The lowest BCUT2D eigenvalue weighted by molar-refractivity contribution is 0.281. The van der Waals surface area contributed by atoms with Gasteiger partial charge in [0.15, 0.2) is 0 Å². The van der Waals surface area contributed by atoms with Gasteiger partial charge in [-0.3, -0.25) is 0 Å². The van der Waals surface area contributed by atoms with Crippen LogP contribution in [0.15, 0.2) is 77.3 Å². The van der Waals surface area contributed by atoms with Crippen LogP contribution in [-0.2, 0) is 6.54 Å². The average Bonchev–Trinajstić information content (AvgIpc) is 3.26. The zero-order valence-electron chi connectivity index (χ0n) is 20.7. The van der Waals surface area contributed by atoms with Gasteiger partial charge in [0.25, 0.3) is 0 Å². The molecule has 0 aliphatic carbocycles. The Hall–Kier alpha value is -3.31. The van der Waals surface area contributed by atoms with Crippen molar-refractivity contribution in [3.05, 3.63) is 78.4 Å². The normalized spacial score (nSPS) is 14.7. The van der Waals surface area contributed by atoms with Gasteiger partial charge in [-0.1, -0.05) is 72.6 Å². The molecule has 0 bridgehead atoms. The number of ether oxygens (including phenoxy) is 1. The number of fused-ring (bicyclic) bond motifs is 1. The topological polar surface area (TPSA) is 41.7 Å². The molecule has 0 atom stereocenters. The lowest BCUT2D eigenvalue weighted by atomic mass is 10.0. The molecule has 1 aromatic heterocycles. The minimum Gasteiger partial charge on any atom is -0.497 e. The average molecular weight is 470 g/mol. The van der Waals surface area contributed by atoms with Crippen molar-refractivity contribution in [2.24, 2.45) is 0 Å².